The molecule has 0 aliphatic carbocycles. The lowest BCUT2D eigenvalue weighted by Gasteiger charge is -2.17. The van der Waals surface area contributed by atoms with Crippen molar-refractivity contribution in [1.29, 1.82) is 0 Å². The molecule has 0 aromatic heterocycles. The van der Waals surface area contributed by atoms with Gasteiger partial charge in [0, 0.05) is 15.2 Å². The molecule has 2 N–H and O–H groups in total. The fourth-order valence-corrected chi connectivity index (χ4v) is 2.66. The van der Waals surface area contributed by atoms with E-state index in [-0.39, 0.29) is 5.82 Å². The van der Waals surface area contributed by atoms with Crippen molar-refractivity contribution < 1.29 is 9.13 Å². The maximum absolute atomic E-state index is 14.0. The van der Waals surface area contributed by atoms with Gasteiger partial charge in [0.2, 0.25) is 0 Å². The van der Waals surface area contributed by atoms with Gasteiger partial charge >= 0.3 is 0 Å². The van der Waals surface area contributed by atoms with Crippen LogP contribution in [-0.2, 0) is 0 Å². The standard InChI is InChI=1S/C15H15FINO/c1-9-4-3-5-12(14(9)17)15(18)11-7-6-10(19-2)8-13(11)16/h3-8,15H,18H2,1-2H3. The van der Waals surface area contributed by atoms with E-state index in [1.807, 2.05) is 25.1 Å². The van der Waals surface area contributed by atoms with E-state index in [2.05, 4.69) is 22.6 Å². The molecule has 0 heterocycles. The summed E-state index contributed by atoms with van der Waals surface area (Å²) in [7, 11) is 1.51. The number of methoxy groups -OCH3 is 1. The first-order valence-electron chi connectivity index (χ1n) is 5.88. The first-order valence-corrected chi connectivity index (χ1v) is 6.96. The number of rotatable bonds is 3. The van der Waals surface area contributed by atoms with Gasteiger partial charge in [-0.05, 0) is 46.7 Å². The number of benzene rings is 2. The molecule has 0 bridgehead atoms. The summed E-state index contributed by atoms with van der Waals surface area (Å²) in [5.41, 5.74) is 8.75. The summed E-state index contributed by atoms with van der Waals surface area (Å²) in [5, 5.41) is 0. The van der Waals surface area contributed by atoms with E-state index in [0.717, 1.165) is 14.7 Å². The molecule has 2 aromatic rings. The first kappa shape index (κ1) is 14.3. The maximum atomic E-state index is 14.0. The molecule has 2 aromatic carbocycles. The van der Waals surface area contributed by atoms with E-state index in [0.29, 0.717) is 11.3 Å². The topological polar surface area (TPSA) is 35.2 Å². The second-order valence-electron chi connectivity index (χ2n) is 4.34. The number of hydrogen-bond donors (Lipinski definition) is 1. The lowest BCUT2D eigenvalue weighted by molar-refractivity contribution is 0.410. The minimum Gasteiger partial charge on any atom is -0.497 e. The van der Waals surface area contributed by atoms with Crippen molar-refractivity contribution >= 4 is 22.6 Å². The van der Waals surface area contributed by atoms with Gasteiger partial charge in [-0.25, -0.2) is 4.39 Å². The lowest BCUT2D eigenvalue weighted by atomic mass is 9.97. The van der Waals surface area contributed by atoms with Crippen LogP contribution in [0.15, 0.2) is 36.4 Å². The SMILES string of the molecule is COc1ccc(C(N)c2cccc(C)c2I)c(F)c1. The second-order valence-corrected chi connectivity index (χ2v) is 5.42. The third-order valence-corrected chi connectivity index (χ3v) is 4.57. The van der Waals surface area contributed by atoms with Crippen LogP contribution in [0.5, 0.6) is 5.75 Å². The minimum atomic E-state index is -0.474. The Morgan fingerprint density at radius 2 is 1.95 bits per heavy atom. The Balaban J connectivity index is 2.44. The van der Waals surface area contributed by atoms with E-state index in [1.165, 1.54) is 13.2 Å². The zero-order valence-electron chi connectivity index (χ0n) is 10.8. The number of hydrogen-bond acceptors (Lipinski definition) is 2. The molecule has 0 saturated heterocycles. The predicted molar refractivity (Wildman–Crippen MR) is 82.9 cm³/mol. The van der Waals surface area contributed by atoms with Gasteiger partial charge in [0.15, 0.2) is 0 Å². The van der Waals surface area contributed by atoms with Gasteiger partial charge in [0.1, 0.15) is 11.6 Å². The van der Waals surface area contributed by atoms with E-state index >= 15 is 0 Å². The van der Waals surface area contributed by atoms with Crippen molar-refractivity contribution in [3.63, 3.8) is 0 Å². The Labute approximate surface area is 125 Å². The Morgan fingerprint density at radius 3 is 2.58 bits per heavy atom. The maximum Gasteiger partial charge on any atom is 0.132 e. The summed E-state index contributed by atoms with van der Waals surface area (Å²) in [6, 6.07) is 10.2. The number of aryl methyl sites for hydroxylation is 1. The molecular weight excluding hydrogens is 356 g/mol. The van der Waals surface area contributed by atoms with Crippen LogP contribution in [0.1, 0.15) is 22.7 Å². The Kier molecular flexibility index (Phi) is 4.42. The van der Waals surface area contributed by atoms with Crippen LogP contribution in [0, 0.1) is 16.3 Å². The molecule has 1 atom stereocenters. The van der Waals surface area contributed by atoms with Gasteiger partial charge in [-0.1, -0.05) is 24.3 Å². The Morgan fingerprint density at radius 1 is 1.21 bits per heavy atom. The summed E-state index contributed by atoms with van der Waals surface area (Å²) in [6.07, 6.45) is 0. The quantitative estimate of drug-likeness (QED) is 0.834. The fraction of sp³-hybridized carbons (Fsp3) is 0.200. The molecule has 19 heavy (non-hydrogen) atoms. The fourth-order valence-electron chi connectivity index (χ4n) is 1.96. The molecule has 0 saturated carbocycles. The molecule has 100 valence electrons. The summed E-state index contributed by atoms with van der Waals surface area (Å²) in [4.78, 5) is 0. The van der Waals surface area contributed by atoms with Gasteiger partial charge in [-0.15, -0.1) is 0 Å². The molecule has 0 radical (unpaired) electrons. The molecular formula is C15H15FINO. The van der Waals surface area contributed by atoms with Crippen LogP contribution in [-0.4, -0.2) is 7.11 Å². The molecule has 0 aliphatic rings. The largest absolute Gasteiger partial charge is 0.497 e. The van der Waals surface area contributed by atoms with E-state index in [4.69, 9.17) is 10.5 Å². The van der Waals surface area contributed by atoms with Crippen molar-refractivity contribution in [2.45, 2.75) is 13.0 Å². The summed E-state index contributed by atoms with van der Waals surface area (Å²) in [6.45, 7) is 2.02. The van der Waals surface area contributed by atoms with Gasteiger partial charge in [0.05, 0.1) is 13.2 Å². The second kappa shape index (κ2) is 5.88. The first-order chi connectivity index (χ1) is 9.04. The van der Waals surface area contributed by atoms with Crippen LogP contribution in [0.3, 0.4) is 0 Å². The molecule has 0 spiro atoms. The highest BCUT2D eigenvalue weighted by Crippen LogP contribution is 2.29. The molecule has 0 fully saturated rings. The third kappa shape index (κ3) is 2.90. The summed E-state index contributed by atoms with van der Waals surface area (Å²) >= 11 is 2.25. The number of halogens is 2. The van der Waals surface area contributed by atoms with Crippen LogP contribution < -0.4 is 10.5 Å². The Hall–Kier alpha value is -1.14. The highest BCUT2D eigenvalue weighted by molar-refractivity contribution is 14.1. The third-order valence-electron chi connectivity index (χ3n) is 3.10. The van der Waals surface area contributed by atoms with E-state index in [9.17, 15) is 4.39 Å². The highest BCUT2D eigenvalue weighted by Gasteiger charge is 2.17. The molecule has 4 heteroatoms. The normalized spacial score (nSPS) is 12.3. The molecule has 2 rings (SSSR count). The van der Waals surface area contributed by atoms with E-state index in [1.54, 1.807) is 12.1 Å². The Bertz CT molecular complexity index is 601. The zero-order chi connectivity index (χ0) is 14.0. The van der Waals surface area contributed by atoms with Crippen molar-refractivity contribution in [3.05, 3.63) is 62.5 Å². The number of ether oxygens (including phenoxy) is 1. The molecule has 0 aliphatic heterocycles. The summed E-state index contributed by atoms with van der Waals surface area (Å²) < 4.78 is 20.1. The monoisotopic (exact) mass is 371 g/mol. The highest BCUT2D eigenvalue weighted by atomic mass is 127. The van der Waals surface area contributed by atoms with Crippen molar-refractivity contribution in [3.8, 4) is 5.75 Å². The van der Waals surface area contributed by atoms with Gasteiger partial charge in [-0.2, -0.15) is 0 Å². The lowest BCUT2D eigenvalue weighted by Crippen LogP contribution is -2.15. The van der Waals surface area contributed by atoms with Crippen LogP contribution in [0.2, 0.25) is 0 Å². The van der Waals surface area contributed by atoms with Gasteiger partial charge in [0.25, 0.3) is 0 Å². The predicted octanol–water partition coefficient (Wildman–Crippen LogP) is 3.80. The zero-order valence-corrected chi connectivity index (χ0v) is 12.9. The van der Waals surface area contributed by atoms with Gasteiger partial charge < -0.3 is 10.5 Å². The van der Waals surface area contributed by atoms with Gasteiger partial charge in [-0.3, -0.25) is 0 Å². The van der Waals surface area contributed by atoms with Crippen molar-refractivity contribution in [2.24, 2.45) is 5.73 Å². The smallest absolute Gasteiger partial charge is 0.132 e. The van der Waals surface area contributed by atoms with Crippen molar-refractivity contribution in [2.75, 3.05) is 7.11 Å². The van der Waals surface area contributed by atoms with Crippen LogP contribution in [0.4, 0.5) is 4.39 Å². The van der Waals surface area contributed by atoms with Crippen LogP contribution in [0.25, 0.3) is 0 Å². The minimum absolute atomic E-state index is 0.343. The average molecular weight is 371 g/mol. The summed E-state index contributed by atoms with van der Waals surface area (Å²) in [5.74, 6) is 0.150. The average Bonchev–Trinajstić information content (AvgIpc) is 2.41. The molecule has 0 amide bonds. The van der Waals surface area contributed by atoms with Crippen molar-refractivity contribution in [1.82, 2.24) is 0 Å². The molecule has 1 unspecified atom stereocenters. The number of nitrogens with two attached hydrogens (primary N) is 1. The van der Waals surface area contributed by atoms with Crippen LogP contribution >= 0.6 is 22.6 Å². The van der Waals surface area contributed by atoms with E-state index < -0.39 is 6.04 Å². The molecule has 2 nitrogen and oxygen atoms in total.